The van der Waals surface area contributed by atoms with Gasteiger partial charge in [0, 0.05) is 6.92 Å². The van der Waals surface area contributed by atoms with Crippen LogP contribution >= 0.6 is 0 Å². The van der Waals surface area contributed by atoms with E-state index in [4.69, 9.17) is 5.26 Å². The minimum absolute atomic E-state index is 0.114. The molecule has 0 N–H and O–H groups in total. The van der Waals surface area contributed by atoms with Crippen molar-refractivity contribution >= 4 is 11.6 Å². The van der Waals surface area contributed by atoms with E-state index >= 15 is 0 Å². The predicted molar refractivity (Wildman–Crippen MR) is 50.2 cm³/mol. The van der Waals surface area contributed by atoms with Crippen molar-refractivity contribution in [3.8, 4) is 6.19 Å². The highest BCUT2D eigenvalue weighted by atomic mass is 19.4. The topological polar surface area (TPSA) is 44.1 Å². The first-order valence-corrected chi connectivity index (χ1v) is 4.24. The molecular weight excluding hydrogens is 221 g/mol. The van der Waals surface area contributed by atoms with Crippen LogP contribution in [-0.2, 0) is 11.0 Å². The fraction of sp³-hybridized carbons (Fsp3) is 0.200. The molecule has 0 atom stereocenters. The van der Waals surface area contributed by atoms with Crippen LogP contribution < -0.4 is 4.90 Å². The predicted octanol–water partition coefficient (Wildman–Crippen LogP) is 2.54. The van der Waals surface area contributed by atoms with Gasteiger partial charge in [-0.1, -0.05) is 0 Å². The van der Waals surface area contributed by atoms with E-state index in [0.717, 1.165) is 31.2 Å². The Morgan fingerprint density at radius 1 is 1.31 bits per heavy atom. The van der Waals surface area contributed by atoms with Crippen molar-refractivity contribution < 1.29 is 18.0 Å². The fourth-order valence-corrected chi connectivity index (χ4v) is 1.11. The maximum atomic E-state index is 12.2. The summed E-state index contributed by atoms with van der Waals surface area (Å²) in [4.78, 5) is 11.6. The molecule has 6 heteroatoms. The highest BCUT2D eigenvalue weighted by molar-refractivity contribution is 5.94. The van der Waals surface area contributed by atoms with E-state index in [1.54, 1.807) is 6.19 Å². The lowest BCUT2D eigenvalue weighted by Crippen LogP contribution is -2.22. The van der Waals surface area contributed by atoms with Gasteiger partial charge in [-0.2, -0.15) is 18.4 Å². The van der Waals surface area contributed by atoms with Crippen molar-refractivity contribution in [3.05, 3.63) is 29.8 Å². The first-order valence-electron chi connectivity index (χ1n) is 4.24. The highest BCUT2D eigenvalue weighted by Gasteiger charge is 2.30. The molecule has 0 fully saturated rings. The second-order valence-electron chi connectivity index (χ2n) is 3.00. The van der Waals surface area contributed by atoms with Crippen LogP contribution in [0.1, 0.15) is 12.5 Å². The smallest absolute Gasteiger partial charge is 0.274 e. The van der Waals surface area contributed by atoms with Gasteiger partial charge in [-0.3, -0.25) is 4.79 Å². The minimum Gasteiger partial charge on any atom is -0.274 e. The third-order valence-electron chi connectivity index (χ3n) is 1.87. The number of hydrogen-bond acceptors (Lipinski definition) is 2. The Morgan fingerprint density at radius 2 is 1.81 bits per heavy atom. The molecule has 1 aromatic rings. The molecule has 0 saturated heterocycles. The quantitative estimate of drug-likeness (QED) is 0.547. The number of hydrogen-bond donors (Lipinski definition) is 0. The fourth-order valence-electron chi connectivity index (χ4n) is 1.11. The summed E-state index contributed by atoms with van der Waals surface area (Å²) in [6, 6.07) is 3.80. The van der Waals surface area contributed by atoms with Crippen molar-refractivity contribution in [2.75, 3.05) is 4.90 Å². The lowest BCUT2D eigenvalue weighted by atomic mass is 10.2. The number of nitrogens with zero attached hydrogens (tertiary/aromatic N) is 2. The zero-order valence-electron chi connectivity index (χ0n) is 8.25. The van der Waals surface area contributed by atoms with E-state index in [1.165, 1.54) is 0 Å². The second kappa shape index (κ2) is 4.23. The van der Waals surface area contributed by atoms with Crippen LogP contribution in [0.25, 0.3) is 0 Å². The number of amides is 1. The molecular formula is C10H7F3N2O. The SMILES string of the molecule is CC(=O)N(C#N)c1ccc(C(F)(F)F)cc1. The second-order valence-corrected chi connectivity index (χ2v) is 3.00. The van der Waals surface area contributed by atoms with Crippen molar-refractivity contribution in [2.24, 2.45) is 0 Å². The molecule has 0 aliphatic rings. The Bertz CT molecular complexity index is 431. The van der Waals surface area contributed by atoms with Crippen molar-refractivity contribution in [3.63, 3.8) is 0 Å². The molecule has 0 aliphatic carbocycles. The number of benzene rings is 1. The molecule has 84 valence electrons. The molecule has 1 amide bonds. The van der Waals surface area contributed by atoms with Crippen LogP contribution in [0.3, 0.4) is 0 Å². The summed E-state index contributed by atoms with van der Waals surface area (Å²) >= 11 is 0. The molecule has 0 bridgehead atoms. The molecule has 1 aromatic carbocycles. The number of halogens is 3. The molecule has 1 rings (SSSR count). The molecule has 3 nitrogen and oxygen atoms in total. The zero-order chi connectivity index (χ0) is 12.3. The Labute approximate surface area is 89.7 Å². The van der Waals surface area contributed by atoms with Gasteiger partial charge >= 0.3 is 6.18 Å². The van der Waals surface area contributed by atoms with Gasteiger partial charge in [-0.25, -0.2) is 4.90 Å². The van der Waals surface area contributed by atoms with E-state index in [0.29, 0.717) is 4.90 Å². The van der Waals surface area contributed by atoms with Crippen molar-refractivity contribution in [1.29, 1.82) is 5.26 Å². The van der Waals surface area contributed by atoms with Gasteiger partial charge in [-0.15, -0.1) is 0 Å². The van der Waals surface area contributed by atoms with Gasteiger partial charge in [-0.05, 0) is 24.3 Å². The zero-order valence-corrected chi connectivity index (χ0v) is 8.25. The van der Waals surface area contributed by atoms with Crippen molar-refractivity contribution in [2.45, 2.75) is 13.1 Å². The first-order chi connectivity index (χ1) is 7.36. The molecule has 0 unspecified atom stereocenters. The number of alkyl halides is 3. The number of nitriles is 1. The average Bonchev–Trinajstić information content (AvgIpc) is 2.17. The number of rotatable bonds is 1. The summed E-state index contributed by atoms with van der Waals surface area (Å²) in [5.41, 5.74) is -0.708. The van der Waals surface area contributed by atoms with E-state index in [-0.39, 0.29) is 5.69 Å². The van der Waals surface area contributed by atoms with Crippen LogP contribution in [0, 0.1) is 11.5 Å². The van der Waals surface area contributed by atoms with Crippen LogP contribution in [0.15, 0.2) is 24.3 Å². The summed E-state index contributed by atoms with van der Waals surface area (Å²) in [5.74, 6) is -0.553. The minimum atomic E-state index is -4.42. The molecule has 0 aliphatic heterocycles. The average molecular weight is 228 g/mol. The number of carbonyl (C=O) groups excluding carboxylic acids is 1. The normalized spacial score (nSPS) is 10.7. The largest absolute Gasteiger partial charge is 0.416 e. The molecule has 16 heavy (non-hydrogen) atoms. The van der Waals surface area contributed by atoms with E-state index in [2.05, 4.69) is 0 Å². The molecule has 0 aromatic heterocycles. The van der Waals surface area contributed by atoms with Crippen LogP contribution in [0.5, 0.6) is 0 Å². The number of anilines is 1. The van der Waals surface area contributed by atoms with Crippen LogP contribution in [0.4, 0.5) is 18.9 Å². The highest BCUT2D eigenvalue weighted by Crippen LogP contribution is 2.30. The third kappa shape index (κ3) is 2.51. The first kappa shape index (κ1) is 12.0. The number of carbonyl (C=O) groups is 1. The Hall–Kier alpha value is -2.03. The third-order valence-corrected chi connectivity index (χ3v) is 1.87. The van der Waals surface area contributed by atoms with E-state index in [9.17, 15) is 18.0 Å². The van der Waals surface area contributed by atoms with Gasteiger partial charge in [0.15, 0.2) is 6.19 Å². The van der Waals surface area contributed by atoms with Crippen molar-refractivity contribution in [1.82, 2.24) is 0 Å². The maximum absolute atomic E-state index is 12.2. The lowest BCUT2D eigenvalue weighted by Gasteiger charge is -2.12. The van der Waals surface area contributed by atoms with E-state index in [1.807, 2.05) is 0 Å². The van der Waals surface area contributed by atoms with Crippen LogP contribution in [0.2, 0.25) is 0 Å². The Morgan fingerprint density at radius 3 is 2.12 bits per heavy atom. The monoisotopic (exact) mass is 228 g/mol. The molecule has 0 heterocycles. The van der Waals surface area contributed by atoms with Gasteiger partial charge in [0.1, 0.15) is 0 Å². The lowest BCUT2D eigenvalue weighted by molar-refractivity contribution is -0.137. The maximum Gasteiger partial charge on any atom is 0.416 e. The summed E-state index contributed by atoms with van der Waals surface area (Å²) in [5, 5.41) is 8.61. The summed E-state index contributed by atoms with van der Waals surface area (Å²) < 4.78 is 36.6. The van der Waals surface area contributed by atoms with Crippen LogP contribution in [-0.4, -0.2) is 5.91 Å². The molecule has 0 spiro atoms. The Kier molecular flexibility index (Phi) is 3.18. The van der Waals surface area contributed by atoms with Gasteiger partial charge in [0.25, 0.3) is 0 Å². The van der Waals surface area contributed by atoms with E-state index < -0.39 is 17.6 Å². The molecule has 0 saturated carbocycles. The van der Waals surface area contributed by atoms with Gasteiger partial charge in [0.2, 0.25) is 5.91 Å². The van der Waals surface area contributed by atoms with Gasteiger partial charge in [0.05, 0.1) is 11.3 Å². The summed E-state index contributed by atoms with van der Waals surface area (Å²) in [6.45, 7) is 1.15. The Balaban J connectivity index is 3.04. The van der Waals surface area contributed by atoms with Gasteiger partial charge < -0.3 is 0 Å². The summed E-state index contributed by atoms with van der Waals surface area (Å²) in [6.07, 6.45) is -2.85. The summed E-state index contributed by atoms with van der Waals surface area (Å²) in [7, 11) is 0. The standard InChI is InChI=1S/C10H7F3N2O/c1-7(16)15(6-14)9-4-2-8(3-5-9)10(11,12)13/h2-5H,1H3. The molecule has 0 radical (unpaired) electrons.